The van der Waals surface area contributed by atoms with Crippen molar-refractivity contribution in [2.75, 3.05) is 0 Å². The largest absolute Gasteiger partial charge is 0.333 e. The first-order valence-electron chi connectivity index (χ1n) is 4.22. The molecule has 0 unspecified atom stereocenters. The Hall–Kier alpha value is -0.740. The third-order valence-corrected chi connectivity index (χ3v) is 3.10. The van der Waals surface area contributed by atoms with Gasteiger partial charge in [0.2, 0.25) is 0 Å². The fourth-order valence-corrected chi connectivity index (χ4v) is 2.09. The lowest BCUT2D eigenvalue weighted by atomic mass is 10.2. The predicted molar refractivity (Wildman–Crippen MR) is 64.0 cm³/mol. The summed E-state index contributed by atoms with van der Waals surface area (Å²) in [6, 6.07) is 6.06. The van der Waals surface area contributed by atoms with Gasteiger partial charge in [0, 0.05) is 16.9 Å². The van der Waals surface area contributed by atoms with E-state index >= 15 is 0 Å². The summed E-state index contributed by atoms with van der Waals surface area (Å²) in [6.07, 6.45) is 0. The first kappa shape index (κ1) is 9.80. The monoisotopic (exact) mass is 268 g/mol. The number of fused-ring (bicyclic) bond motifs is 1. The maximum Gasteiger partial charge on any atom is 0.137 e. The molecule has 0 atom stereocenters. The van der Waals surface area contributed by atoms with Crippen LogP contribution in [0, 0.1) is 11.6 Å². The van der Waals surface area contributed by atoms with Crippen LogP contribution in [0.2, 0.25) is 0 Å². The van der Waals surface area contributed by atoms with Crippen LogP contribution in [0.4, 0.5) is 0 Å². The molecular formula is C10H9BrN2S. The van der Waals surface area contributed by atoms with E-state index in [1.165, 1.54) is 0 Å². The van der Waals surface area contributed by atoms with Gasteiger partial charge in [-0.3, -0.25) is 0 Å². The van der Waals surface area contributed by atoms with Crippen LogP contribution < -0.4 is 0 Å². The SMILES string of the molecule is Cc1nc(=S)c2cc(Br)ccc2n1C. The minimum absolute atomic E-state index is 0.664. The number of benzene rings is 1. The molecule has 72 valence electrons. The highest BCUT2D eigenvalue weighted by molar-refractivity contribution is 9.10. The number of hydrogen-bond donors (Lipinski definition) is 0. The zero-order valence-electron chi connectivity index (χ0n) is 7.91. The topological polar surface area (TPSA) is 17.8 Å². The molecule has 0 amide bonds. The van der Waals surface area contributed by atoms with E-state index in [9.17, 15) is 0 Å². The smallest absolute Gasteiger partial charge is 0.137 e. The van der Waals surface area contributed by atoms with Gasteiger partial charge in [-0.05, 0) is 25.1 Å². The molecule has 2 rings (SSSR count). The quantitative estimate of drug-likeness (QED) is 0.682. The lowest BCUT2D eigenvalue weighted by Crippen LogP contribution is -2.01. The van der Waals surface area contributed by atoms with Crippen LogP contribution in [0.1, 0.15) is 5.82 Å². The minimum atomic E-state index is 0.664. The number of rotatable bonds is 0. The molecule has 1 aromatic heterocycles. The van der Waals surface area contributed by atoms with Crippen molar-refractivity contribution in [3.63, 3.8) is 0 Å². The van der Waals surface area contributed by atoms with Gasteiger partial charge in [0.05, 0.1) is 5.52 Å². The normalized spacial score (nSPS) is 10.8. The van der Waals surface area contributed by atoms with E-state index in [1.54, 1.807) is 0 Å². The molecule has 0 bridgehead atoms. The maximum absolute atomic E-state index is 5.22. The second kappa shape index (κ2) is 3.44. The molecule has 2 nitrogen and oxygen atoms in total. The molecule has 1 aromatic carbocycles. The van der Waals surface area contributed by atoms with Crippen molar-refractivity contribution in [2.24, 2.45) is 7.05 Å². The third-order valence-electron chi connectivity index (χ3n) is 2.30. The molecule has 1 heterocycles. The third kappa shape index (κ3) is 1.48. The number of nitrogens with zero attached hydrogens (tertiary/aromatic N) is 2. The van der Waals surface area contributed by atoms with Gasteiger partial charge in [0.25, 0.3) is 0 Å². The average molecular weight is 269 g/mol. The Kier molecular flexibility index (Phi) is 2.41. The number of hydrogen-bond acceptors (Lipinski definition) is 2. The summed E-state index contributed by atoms with van der Waals surface area (Å²) in [4.78, 5) is 4.30. The second-order valence-electron chi connectivity index (χ2n) is 3.18. The molecule has 0 saturated heterocycles. The minimum Gasteiger partial charge on any atom is -0.333 e. The summed E-state index contributed by atoms with van der Waals surface area (Å²) in [5.41, 5.74) is 1.12. The summed E-state index contributed by atoms with van der Waals surface area (Å²) in [5, 5.41) is 1.02. The fraction of sp³-hybridized carbons (Fsp3) is 0.200. The summed E-state index contributed by atoms with van der Waals surface area (Å²) >= 11 is 8.64. The fourth-order valence-electron chi connectivity index (χ4n) is 1.43. The van der Waals surface area contributed by atoms with Crippen molar-refractivity contribution in [3.8, 4) is 0 Å². The Balaban J connectivity index is 3.02. The van der Waals surface area contributed by atoms with Crippen LogP contribution in [0.3, 0.4) is 0 Å². The van der Waals surface area contributed by atoms with Crippen LogP contribution in [0.15, 0.2) is 22.7 Å². The van der Waals surface area contributed by atoms with E-state index in [-0.39, 0.29) is 0 Å². The van der Waals surface area contributed by atoms with Crippen molar-refractivity contribution in [1.29, 1.82) is 0 Å². The highest BCUT2D eigenvalue weighted by atomic mass is 79.9. The highest BCUT2D eigenvalue weighted by Crippen LogP contribution is 2.20. The van der Waals surface area contributed by atoms with Gasteiger partial charge in [0.1, 0.15) is 10.5 Å². The van der Waals surface area contributed by atoms with E-state index in [0.717, 1.165) is 21.2 Å². The summed E-state index contributed by atoms with van der Waals surface area (Å²) in [6.45, 7) is 1.96. The molecule has 2 aromatic rings. The van der Waals surface area contributed by atoms with Crippen LogP contribution >= 0.6 is 28.1 Å². The molecule has 4 heteroatoms. The second-order valence-corrected chi connectivity index (χ2v) is 4.49. The van der Waals surface area contributed by atoms with Gasteiger partial charge in [-0.1, -0.05) is 28.1 Å². The summed E-state index contributed by atoms with van der Waals surface area (Å²) in [5.74, 6) is 0.935. The number of aryl methyl sites for hydroxylation is 2. The average Bonchev–Trinajstić information content (AvgIpc) is 2.14. The molecule has 0 aliphatic rings. The maximum atomic E-state index is 5.22. The Morgan fingerprint density at radius 2 is 2.14 bits per heavy atom. The van der Waals surface area contributed by atoms with Crippen LogP contribution in [-0.2, 0) is 7.05 Å². The van der Waals surface area contributed by atoms with E-state index in [4.69, 9.17) is 12.2 Å². The van der Waals surface area contributed by atoms with Crippen molar-refractivity contribution in [1.82, 2.24) is 9.55 Å². The van der Waals surface area contributed by atoms with Crippen LogP contribution in [0.5, 0.6) is 0 Å². The Bertz CT molecular complexity index is 560. The van der Waals surface area contributed by atoms with Gasteiger partial charge in [-0.2, -0.15) is 0 Å². The van der Waals surface area contributed by atoms with Gasteiger partial charge in [0.15, 0.2) is 0 Å². The van der Waals surface area contributed by atoms with E-state index in [1.807, 2.05) is 36.7 Å². The first-order chi connectivity index (χ1) is 6.59. The molecule has 0 saturated carbocycles. The lowest BCUT2D eigenvalue weighted by Gasteiger charge is -2.08. The van der Waals surface area contributed by atoms with Gasteiger partial charge >= 0.3 is 0 Å². The summed E-state index contributed by atoms with van der Waals surface area (Å²) < 4.78 is 3.73. The molecule has 0 N–H and O–H groups in total. The standard InChI is InChI=1S/C10H9BrN2S/c1-6-12-10(14)8-5-7(11)3-4-9(8)13(6)2/h3-5H,1-2H3. The zero-order chi connectivity index (χ0) is 10.3. The number of aromatic nitrogens is 2. The molecule has 0 aliphatic carbocycles. The Labute approximate surface area is 95.7 Å². The predicted octanol–water partition coefficient (Wildman–Crippen LogP) is 3.37. The number of halogens is 1. The molecule has 0 radical (unpaired) electrons. The molecule has 0 fully saturated rings. The first-order valence-corrected chi connectivity index (χ1v) is 5.42. The molecule has 0 spiro atoms. The highest BCUT2D eigenvalue weighted by Gasteiger charge is 2.02. The van der Waals surface area contributed by atoms with E-state index in [0.29, 0.717) is 4.64 Å². The molecule has 14 heavy (non-hydrogen) atoms. The van der Waals surface area contributed by atoms with E-state index in [2.05, 4.69) is 20.9 Å². The van der Waals surface area contributed by atoms with Crippen molar-refractivity contribution in [2.45, 2.75) is 6.92 Å². The molecular weight excluding hydrogens is 260 g/mol. The van der Waals surface area contributed by atoms with Crippen LogP contribution in [0.25, 0.3) is 10.9 Å². The van der Waals surface area contributed by atoms with Crippen LogP contribution in [-0.4, -0.2) is 9.55 Å². The van der Waals surface area contributed by atoms with E-state index < -0.39 is 0 Å². The van der Waals surface area contributed by atoms with Crippen molar-refractivity contribution in [3.05, 3.63) is 33.1 Å². The van der Waals surface area contributed by atoms with Crippen molar-refractivity contribution >= 4 is 39.1 Å². The van der Waals surface area contributed by atoms with Gasteiger partial charge < -0.3 is 4.57 Å². The lowest BCUT2D eigenvalue weighted by molar-refractivity contribution is 0.845. The summed E-state index contributed by atoms with van der Waals surface area (Å²) in [7, 11) is 1.99. The van der Waals surface area contributed by atoms with Gasteiger partial charge in [-0.15, -0.1) is 0 Å². The zero-order valence-corrected chi connectivity index (χ0v) is 10.3. The van der Waals surface area contributed by atoms with Gasteiger partial charge in [-0.25, -0.2) is 4.98 Å². The van der Waals surface area contributed by atoms with Crippen molar-refractivity contribution < 1.29 is 0 Å². The molecule has 0 aliphatic heterocycles. The Morgan fingerprint density at radius 3 is 2.86 bits per heavy atom. The Morgan fingerprint density at radius 1 is 1.43 bits per heavy atom.